The molecule has 0 aliphatic carbocycles. The van der Waals surface area contributed by atoms with Crippen molar-refractivity contribution in [3.63, 3.8) is 0 Å². The molecule has 16 heavy (non-hydrogen) atoms. The highest BCUT2D eigenvalue weighted by Crippen LogP contribution is 2.36. The molecule has 0 radical (unpaired) electrons. The Morgan fingerprint density at radius 3 is 2.62 bits per heavy atom. The predicted octanol–water partition coefficient (Wildman–Crippen LogP) is 2.30. The topological polar surface area (TPSA) is 38.7 Å². The number of hydrogen-bond acceptors (Lipinski definition) is 3. The minimum atomic E-state index is -0.808. The highest BCUT2D eigenvalue weighted by atomic mass is 79.9. The smallest absolute Gasteiger partial charge is 0.205 e. The van der Waals surface area contributed by atoms with Crippen molar-refractivity contribution in [3.05, 3.63) is 34.9 Å². The quantitative estimate of drug-likeness (QED) is 0.871. The Labute approximate surface area is 107 Å². The van der Waals surface area contributed by atoms with E-state index in [-0.39, 0.29) is 12.7 Å². The van der Waals surface area contributed by atoms with Gasteiger partial charge in [0, 0.05) is 10.6 Å². The molecule has 0 saturated carbocycles. The van der Waals surface area contributed by atoms with E-state index in [0.29, 0.717) is 17.0 Å². The van der Waals surface area contributed by atoms with Gasteiger partial charge in [0.2, 0.25) is 5.79 Å². The summed E-state index contributed by atoms with van der Waals surface area (Å²) in [4.78, 5) is 0. The Balaban J connectivity index is 2.25. The van der Waals surface area contributed by atoms with Crippen molar-refractivity contribution < 1.29 is 14.6 Å². The van der Waals surface area contributed by atoms with Crippen LogP contribution < -0.4 is 0 Å². The van der Waals surface area contributed by atoms with Crippen LogP contribution in [0.3, 0.4) is 0 Å². The van der Waals surface area contributed by atoms with Gasteiger partial charge < -0.3 is 14.6 Å². The lowest BCUT2D eigenvalue weighted by Gasteiger charge is -2.26. The molecule has 1 aliphatic rings. The summed E-state index contributed by atoms with van der Waals surface area (Å²) in [5.41, 5.74) is 0.893. The van der Waals surface area contributed by atoms with Crippen LogP contribution in [-0.2, 0) is 15.3 Å². The molecule has 3 nitrogen and oxygen atoms in total. The van der Waals surface area contributed by atoms with Crippen molar-refractivity contribution >= 4 is 27.5 Å². The van der Waals surface area contributed by atoms with Crippen molar-refractivity contribution in [2.24, 2.45) is 0 Å². The first kappa shape index (κ1) is 12.3. The van der Waals surface area contributed by atoms with Gasteiger partial charge in [-0.15, -0.1) is 0 Å². The Hall–Kier alpha value is -0.130. The predicted molar refractivity (Wildman–Crippen MR) is 64.8 cm³/mol. The molecular formula is C11H12BrClO3. The highest BCUT2D eigenvalue weighted by Gasteiger charge is 2.42. The van der Waals surface area contributed by atoms with Crippen LogP contribution in [0.25, 0.3) is 0 Å². The normalized spacial score (nSPS) is 29.6. The number of benzene rings is 1. The van der Waals surface area contributed by atoms with E-state index >= 15 is 0 Å². The Morgan fingerprint density at radius 1 is 1.44 bits per heavy atom. The Morgan fingerprint density at radius 2 is 2.12 bits per heavy atom. The van der Waals surface area contributed by atoms with Crippen molar-refractivity contribution in [1.82, 2.24) is 0 Å². The second kappa shape index (κ2) is 5.02. The maximum Gasteiger partial charge on any atom is 0.205 e. The Bertz CT molecular complexity index is 357. The summed E-state index contributed by atoms with van der Waals surface area (Å²) in [5, 5.41) is 10.2. The maximum absolute atomic E-state index is 9.04. The summed E-state index contributed by atoms with van der Waals surface area (Å²) in [5.74, 6) is -0.808. The largest absolute Gasteiger partial charge is 0.394 e. The van der Waals surface area contributed by atoms with Gasteiger partial charge in [-0.1, -0.05) is 39.7 Å². The van der Waals surface area contributed by atoms with Gasteiger partial charge in [-0.3, -0.25) is 0 Å². The molecule has 0 bridgehead atoms. The first-order valence-electron chi connectivity index (χ1n) is 4.95. The molecule has 1 aromatic rings. The van der Waals surface area contributed by atoms with E-state index in [4.69, 9.17) is 26.2 Å². The molecule has 2 atom stereocenters. The number of ether oxygens (including phenoxy) is 2. The third-order valence-corrected chi connectivity index (χ3v) is 3.51. The van der Waals surface area contributed by atoms with Gasteiger partial charge in [0.1, 0.15) is 6.10 Å². The molecule has 0 amide bonds. The third-order valence-electron chi connectivity index (χ3n) is 2.52. The summed E-state index contributed by atoms with van der Waals surface area (Å²) in [7, 11) is 0. The maximum atomic E-state index is 9.04. The van der Waals surface area contributed by atoms with Gasteiger partial charge in [0.15, 0.2) is 0 Å². The fourth-order valence-electron chi connectivity index (χ4n) is 1.66. The second-order valence-electron chi connectivity index (χ2n) is 3.63. The van der Waals surface area contributed by atoms with Gasteiger partial charge in [-0.25, -0.2) is 0 Å². The fourth-order valence-corrected chi connectivity index (χ4v) is 2.40. The summed E-state index contributed by atoms with van der Waals surface area (Å²) in [6.07, 6.45) is -0.270. The number of halogens is 2. The zero-order chi connectivity index (χ0) is 11.6. The molecule has 2 unspecified atom stereocenters. The molecule has 1 fully saturated rings. The molecule has 0 spiro atoms. The molecule has 1 heterocycles. The van der Waals surface area contributed by atoms with Gasteiger partial charge in [-0.05, 0) is 12.1 Å². The van der Waals surface area contributed by atoms with E-state index in [9.17, 15) is 0 Å². The van der Waals surface area contributed by atoms with Gasteiger partial charge in [0.25, 0.3) is 0 Å². The molecule has 1 saturated heterocycles. The number of aliphatic hydroxyl groups excluding tert-OH is 1. The van der Waals surface area contributed by atoms with Crippen LogP contribution in [0.15, 0.2) is 24.3 Å². The first-order valence-corrected chi connectivity index (χ1v) is 6.45. The van der Waals surface area contributed by atoms with Crippen LogP contribution in [0.1, 0.15) is 5.56 Å². The summed E-state index contributed by atoms with van der Waals surface area (Å²) < 4.78 is 11.4. The number of rotatable bonds is 3. The van der Waals surface area contributed by atoms with Crippen LogP contribution >= 0.6 is 27.5 Å². The van der Waals surface area contributed by atoms with Crippen LogP contribution in [-0.4, -0.2) is 29.8 Å². The number of alkyl halides is 1. The molecular weight excluding hydrogens is 295 g/mol. The lowest BCUT2D eigenvalue weighted by Crippen LogP contribution is -2.30. The minimum Gasteiger partial charge on any atom is -0.394 e. The average Bonchev–Trinajstić information content (AvgIpc) is 2.75. The zero-order valence-electron chi connectivity index (χ0n) is 8.53. The number of aliphatic hydroxyl groups is 1. The van der Waals surface area contributed by atoms with E-state index in [2.05, 4.69) is 15.9 Å². The van der Waals surface area contributed by atoms with Crippen LogP contribution in [0.2, 0.25) is 5.02 Å². The highest BCUT2D eigenvalue weighted by molar-refractivity contribution is 9.09. The summed E-state index contributed by atoms with van der Waals surface area (Å²) >= 11 is 9.21. The fraction of sp³-hybridized carbons (Fsp3) is 0.455. The monoisotopic (exact) mass is 306 g/mol. The van der Waals surface area contributed by atoms with Gasteiger partial charge in [0.05, 0.1) is 18.5 Å². The lowest BCUT2D eigenvalue weighted by atomic mass is 10.1. The summed E-state index contributed by atoms with van der Waals surface area (Å²) in [6, 6.07) is 7.31. The third kappa shape index (κ3) is 2.26. The Kier molecular flexibility index (Phi) is 3.87. The standard InChI is InChI=1S/C11H12BrClO3/c12-7-11(15-6-10(5-14)16-11)8-1-3-9(13)4-2-8/h1-4,10,14H,5-7H2. The molecule has 5 heteroatoms. The minimum absolute atomic E-state index is 0.0393. The van der Waals surface area contributed by atoms with E-state index in [1.54, 1.807) is 12.1 Å². The van der Waals surface area contributed by atoms with Crippen molar-refractivity contribution in [3.8, 4) is 0 Å². The van der Waals surface area contributed by atoms with Gasteiger partial charge in [-0.2, -0.15) is 0 Å². The molecule has 1 aliphatic heterocycles. The summed E-state index contributed by atoms with van der Waals surface area (Å²) in [6.45, 7) is 0.354. The van der Waals surface area contributed by atoms with E-state index in [1.165, 1.54) is 0 Å². The van der Waals surface area contributed by atoms with Crippen LogP contribution in [0, 0.1) is 0 Å². The number of hydrogen-bond donors (Lipinski definition) is 1. The van der Waals surface area contributed by atoms with E-state index in [1.807, 2.05) is 12.1 Å². The molecule has 1 aromatic carbocycles. The van der Waals surface area contributed by atoms with Crippen LogP contribution in [0.4, 0.5) is 0 Å². The zero-order valence-corrected chi connectivity index (χ0v) is 10.9. The molecule has 88 valence electrons. The van der Waals surface area contributed by atoms with Crippen LogP contribution in [0.5, 0.6) is 0 Å². The van der Waals surface area contributed by atoms with Crippen molar-refractivity contribution in [1.29, 1.82) is 0 Å². The molecule has 1 N–H and O–H groups in total. The van der Waals surface area contributed by atoms with Crippen molar-refractivity contribution in [2.45, 2.75) is 11.9 Å². The SMILES string of the molecule is OCC1COC(CBr)(c2ccc(Cl)cc2)O1. The average molecular weight is 308 g/mol. The molecule has 0 aromatic heterocycles. The molecule has 2 rings (SSSR count). The van der Waals surface area contributed by atoms with E-state index < -0.39 is 5.79 Å². The lowest BCUT2D eigenvalue weighted by molar-refractivity contribution is -0.160. The van der Waals surface area contributed by atoms with E-state index in [0.717, 1.165) is 5.56 Å². The van der Waals surface area contributed by atoms with Gasteiger partial charge >= 0.3 is 0 Å². The van der Waals surface area contributed by atoms with Crippen molar-refractivity contribution in [2.75, 3.05) is 18.5 Å². The first-order chi connectivity index (χ1) is 7.70. The second-order valence-corrected chi connectivity index (χ2v) is 4.62.